The molecule has 0 aliphatic rings. The maximum absolute atomic E-state index is 13.0. The molecule has 0 spiro atoms. The molecule has 0 atom stereocenters. The van der Waals surface area contributed by atoms with Crippen molar-refractivity contribution in [3.63, 3.8) is 0 Å². The number of hydrogen-bond acceptors (Lipinski definition) is 3. The second-order valence-corrected chi connectivity index (χ2v) is 5.44. The third kappa shape index (κ3) is 5.23. The van der Waals surface area contributed by atoms with Crippen molar-refractivity contribution in [1.29, 1.82) is 0 Å². The van der Waals surface area contributed by atoms with E-state index in [0.29, 0.717) is 10.6 Å². The molecule has 2 aromatic carbocycles. The van der Waals surface area contributed by atoms with Crippen LogP contribution in [0, 0.1) is 5.82 Å². The molecule has 0 heterocycles. The highest BCUT2D eigenvalue weighted by Crippen LogP contribution is 2.20. The Balaban J connectivity index is 1.83. The number of benzene rings is 2. The fraction of sp³-hybridized carbons (Fsp3) is 0.125. The average Bonchev–Trinajstić information content (AvgIpc) is 2.50. The van der Waals surface area contributed by atoms with Crippen molar-refractivity contribution in [2.24, 2.45) is 0 Å². The first-order chi connectivity index (χ1) is 11.0. The summed E-state index contributed by atoms with van der Waals surface area (Å²) in [6.07, 6.45) is 0. The molecule has 0 fully saturated rings. The van der Waals surface area contributed by atoms with Gasteiger partial charge >= 0.3 is 5.97 Å². The largest absolute Gasteiger partial charge is 0.460 e. The molecular weight excluding hydrogens is 344 g/mol. The Bertz CT molecular complexity index is 737. The van der Waals surface area contributed by atoms with Gasteiger partial charge in [-0.1, -0.05) is 35.3 Å². The van der Waals surface area contributed by atoms with E-state index in [-0.39, 0.29) is 23.7 Å². The summed E-state index contributed by atoms with van der Waals surface area (Å²) < 4.78 is 17.9. The lowest BCUT2D eigenvalue weighted by molar-refractivity contribution is -0.143. The molecule has 4 nitrogen and oxygen atoms in total. The molecule has 0 bridgehead atoms. The van der Waals surface area contributed by atoms with Gasteiger partial charge in [-0.2, -0.15) is 0 Å². The van der Waals surface area contributed by atoms with Gasteiger partial charge in [0.1, 0.15) is 19.0 Å². The molecule has 120 valence electrons. The Morgan fingerprint density at radius 3 is 2.61 bits per heavy atom. The SMILES string of the molecule is O=C(CNC(=O)c1ccc(Cl)cc1Cl)OCc1cccc(F)c1. The smallest absolute Gasteiger partial charge is 0.325 e. The molecule has 2 rings (SSSR count). The van der Waals surface area contributed by atoms with E-state index in [1.54, 1.807) is 6.07 Å². The summed E-state index contributed by atoms with van der Waals surface area (Å²) in [5.74, 6) is -1.58. The minimum atomic E-state index is -0.646. The number of ether oxygens (including phenoxy) is 1. The summed E-state index contributed by atoms with van der Waals surface area (Å²) in [7, 11) is 0. The van der Waals surface area contributed by atoms with Gasteiger partial charge in [0.25, 0.3) is 5.91 Å². The maximum atomic E-state index is 13.0. The number of carbonyl (C=O) groups is 2. The molecule has 0 unspecified atom stereocenters. The molecule has 0 aliphatic heterocycles. The lowest BCUT2D eigenvalue weighted by Crippen LogP contribution is -2.30. The summed E-state index contributed by atoms with van der Waals surface area (Å²) in [5, 5.41) is 2.98. The van der Waals surface area contributed by atoms with E-state index in [0.717, 1.165) is 0 Å². The van der Waals surface area contributed by atoms with E-state index < -0.39 is 17.7 Å². The second kappa shape index (κ2) is 7.94. The highest BCUT2D eigenvalue weighted by Gasteiger charge is 2.12. The van der Waals surface area contributed by atoms with Crippen LogP contribution >= 0.6 is 23.2 Å². The van der Waals surface area contributed by atoms with Crippen LogP contribution in [0.5, 0.6) is 0 Å². The number of carbonyl (C=O) groups excluding carboxylic acids is 2. The standard InChI is InChI=1S/C16H12Cl2FNO3/c17-11-4-5-13(14(18)7-11)16(22)20-8-15(21)23-9-10-2-1-3-12(19)6-10/h1-7H,8-9H2,(H,20,22). The average molecular weight is 356 g/mol. The number of halogens is 3. The molecule has 1 N–H and O–H groups in total. The zero-order valence-electron chi connectivity index (χ0n) is 11.8. The summed E-state index contributed by atoms with van der Waals surface area (Å²) in [5.41, 5.74) is 0.722. The van der Waals surface area contributed by atoms with Gasteiger partial charge in [0.2, 0.25) is 0 Å². The van der Waals surface area contributed by atoms with Crippen molar-refractivity contribution in [1.82, 2.24) is 5.32 Å². The molecule has 0 radical (unpaired) electrons. The molecule has 0 aromatic heterocycles. The number of esters is 1. The Morgan fingerprint density at radius 2 is 1.91 bits per heavy atom. The molecule has 0 aliphatic carbocycles. The summed E-state index contributed by atoms with van der Waals surface area (Å²) in [6.45, 7) is -0.402. The molecule has 7 heteroatoms. The zero-order valence-corrected chi connectivity index (χ0v) is 13.3. The number of nitrogens with one attached hydrogen (secondary N) is 1. The van der Waals surface area contributed by atoms with Crippen LogP contribution in [0.15, 0.2) is 42.5 Å². The molecule has 0 saturated carbocycles. The van der Waals surface area contributed by atoms with E-state index in [1.165, 1.54) is 36.4 Å². The van der Waals surface area contributed by atoms with E-state index in [1.807, 2.05) is 0 Å². The lowest BCUT2D eigenvalue weighted by atomic mass is 10.2. The van der Waals surface area contributed by atoms with Crippen LogP contribution in [0.1, 0.15) is 15.9 Å². The van der Waals surface area contributed by atoms with E-state index in [9.17, 15) is 14.0 Å². The van der Waals surface area contributed by atoms with Crippen LogP contribution in [-0.4, -0.2) is 18.4 Å². The highest BCUT2D eigenvalue weighted by molar-refractivity contribution is 6.36. The molecule has 1 amide bonds. The Labute approximate surface area is 142 Å². The van der Waals surface area contributed by atoms with Gasteiger partial charge in [0.15, 0.2) is 0 Å². The van der Waals surface area contributed by atoms with Crippen molar-refractivity contribution in [2.45, 2.75) is 6.61 Å². The first-order valence-corrected chi connectivity index (χ1v) is 7.34. The number of hydrogen-bond donors (Lipinski definition) is 1. The van der Waals surface area contributed by atoms with Crippen LogP contribution in [0.2, 0.25) is 10.0 Å². The molecule has 0 saturated heterocycles. The van der Waals surface area contributed by atoms with Crippen LogP contribution in [0.3, 0.4) is 0 Å². The fourth-order valence-electron chi connectivity index (χ4n) is 1.76. The van der Waals surface area contributed by atoms with E-state index in [4.69, 9.17) is 27.9 Å². The van der Waals surface area contributed by atoms with Crippen molar-refractivity contribution in [2.75, 3.05) is 6.54 Å². The van der Waals surface area contributed by atoms with Crippen molar-refractivity contribution >= 4 is 35.1 Å². The van der Waals surface area contributed by atoms with Crippen LogP contribution in [0.4, 0.5) is 4.39 Å². The lowest BCUT2D eigenvalue weighted by Gasteiger charge is -2.08. The topological polar surface area (TPSA) is 55.4 Å². The Kier molecular flexibility index (Phi) is 5.96. The third-order valence-electron chi connectivity index (χ3n) is 2.86. The first kappa shape index (κ1) is 17.2. The van der Waals surface area contributed by atoms with Gasteiger partial charge in [-0.05, 0) is 35.9 Å². The fourth-order valence-corrected chi connectivity index (χ4v) is 2.26. The summed E-state index contributed by atoms with van der Waals surface area (Å²) in [4.78, 5) is 23.5. The Hall–Kier alpha value is -2.11. The van der Waals surface area contributed by atoms with Crippen molar-refractivity contribution in [3.8, 4) is 0 Å². The van der Waals surface area contributed by atoms with E-state index >= 15 is 0 Å². The van der Waals surface area contributed by atoms with Crippen molar-refractivity contribution < 1.29 is 18.7 Å². The maximum Gasteiger partial charge on any atom is 0.325 e. The van der Waals surface area contributed by atoms with Crippen LogP contribution < -0.4 is 5.32 Å². The molecule has 23 heavy (non-hydrogen) atoms. The predicted octanol–water partition coefficient (Wildman–Crippen LogP) is 3.61. The van der Waals surface area contributed by atoms with Gasteiger partial charge in [0, 0.05) is 5.02 Å². The third-order valence-corrected chi connectivity index (χ3v) is 3.41. The monoisotopic (exact) mass is 355 g/mol. The normalized spacial score (nSPS) is 10.2. The first-order valence-electron chi connectivity index (χ1n) is 6.59. The van der Waals surface area contributed by atoms with E-state index in [2.05, 4.69) is 5.32 Å². The van der Waals surface area contributed by atoms with Gasteiger partial charge in [-0.25, -0.2) is 4.39 Å². The quantitative estimate of drug-likeness (QED) is 0.833. The second-order valence-electron chi connectivity index (χ2n) is 4.60. The van der Waals surface area contributed by atoms with Crippen LogP contribution in [-0.2, 0) is 16.1 Å². The van der Waals surface area contributed by atoms with Gasteiger partial charge in [-0.3, -0.25) is 9.59 Å². The van der Waals surface area contributed by atoms with Crippen molar-refractivity contribution in [3.05, 3.63) is 69.5 Å². The minimum absolute atomic E-state index is 0.0752. The minimum Gasteiger partial charge on any atom is -0.460 e. The van der Waals surface area contributed by atoms with Gasteiger partial charge in [-0.15, -0.1) is 0 Å². The molecule has 2 aromatic rings. The van der Waals surface area contributed by atoms with Crippen LogP contribution in [0.25, 0.3) is 0 Å². The number of rotatable bonds is 5. The highest BCUT2D eigenvalue weighted by atomic mass is 35.5. The number of amides is 1. The Morgan fingerprint density at radius 1 is 1.13 bits per heavy atom. The predicted molar refractivity (Wildman–Crippen MR) is 85.0 cm³/mol. The zero-order chi connectivity index (χ0) is 16.8. The summed E-state index contributed by atoms with van der Waals surface area (Å²) in [6, 6.07) is 10.1. The van der Waals surface area contributed by atoms with Gasteiger partial charge in [0.05, 0.1) is 10.6 Å². The van der Waals surface area contributed by atoms with Gasteiger partial charge < -0.3 is 10.1 Å². The molecular formula is C16H12Cl2FNO3. The summed E-state index contributed by atoms with van der Waals surface area (Å²) >= 11 is 11.6.